The van der Waals surface area contributed by atoms with Gasteiger partial charge in [-0.15, -0.1) is 0 Å². The Hall–Kier alpha value is -4.60. The van der Waals surface area contributed by atoms with Crippen LogP contribution in [-0.2, 0) is 16.0 Å². The lowest BCUT2D eigenvalue weighted by atomic mass is 10.0. The van der Waals surface area contributed by atoms with Crippen LogP contribution in [0.15, 0.2) is 83.7 Å². The maximum Gasteiger partial charge on any atom is 0.252 e. The van der Waals surface area contributed by atoms with Crippen molar-refractivity contribution in [2.24, 2.45) is 0 Å². The van der Waals surface area contributed by atoms with Crippen molar-refractivity contribution >= 4 is 45.9 Å². The fraction of sp³-hybridized carbons (Fsp3) is 0.188. The molecule has 0 spiro atoms. The third-order valence-corrected chi connectivity index (χ3v) is 7.53. The van der Waals surface area contributed by atoms with E-state index in [9.17, 15) is 19.5 Å². The van der Waals surface area contributed by atoms with Gasteiger partial charge in [-0.1, -0.05) is 78.7 Å². The molecule has 2 amide bonds. The summed E-state index contributed by atoms with van der Waals surface area (Å²) in [4.78, 5) is 48.1. The molecule has 0 bridgehead atoms. The molecule has 0 radical (unpaired) electrons. The molecule has 0 aliphatic carbocycles. The van der Waals surface area contributed by atoms with Crippen molar-refractivity contribution in [3.63, 3.8) is 0 Å². The largest absolute Gasteiger partial charge is 0.507 e. The molecule has 9 nitrogen and oxygen atoms in total. The number of aromatic hydroxyl groups is 1. The van der Waals surface area contributed by atoms with Gasteiger partial charge in [-0.25, -0.2) is 4.98 Å². The van der Waals surface area contributed by atoms with Gasteiger partial charge in [-0.05, 0) is 41.8 Å². The standard InChI is InChI=1S/C32H29Cl2N5O4/c1-2-27(41)36-24(19-9-6-10-21(33)14-19)16-28(42)37-25(13-18-7-4-3-5-8-18)32-38-30(31(34)39-32)20-11-12-23-22(15-20)26(40)17-29(43)35-23/h3-12,14-15,17,24-25H,2,13,16H2,1H3,(H,36,41)(H,37,42)(H,38,39)(H2,35,40,43)/t24?,25-/m0/s1. The van der Waals surface area contributed by atoms with Crippen LogP contribution in [0.2, 0.25) is 10.2 Å². The van der Waals surface area contributed by atoms with E-state index in [1.54, 1.807) is 43.3 Å². The molecular formula is C32H29Cl2N5O4. The average molecular weight is 619 g/mol. The first-order valence-electron chi connectivity index (χ1n) is 13.7. The number of halogens is 2. The molecular weight excluding hydrogens is 589 g/mol. The highest BCUT2D eigenvalue weighted by molar-refractivity contribution is 6.32. The lowest BCUT2D eigenvalue weighted by molar-refractivity contribution is -0.124. The number of rotatable bonds is 10. The SMILES string of the molecule is CCC(=O)NC(CC(=O)N[C@@H](Cc1ccccc1)c1nc(-c2ccc3[nH]c(=O)cc(O)c3c2)c(Cl)[nH]1)c1cccc(Cl)c1. The number of carbonyl (C=O) groups is 2. The predicted octanol–water partition coefficient (Wildman–Crippen LogP) is 5.99. The molecule has 0 aliphatic heterocycles. The molecule has 2 heterocycles. The summed E-state index contributed by atoms with van der Waals surface area (Å²) in [7, 11) is 0. The topological polar surface area (TPSA) is 140 Å². The second-order valence-electron chi connectivity index (χ2n) is 10.1. The summed E-state index contributed by atoms with van der Waals surface area (Å²) < 4.78 is 0. The highest BCUT2D eigenvalue weighted by Gasteiger charge is 2.25. The quantitative estimate of drug-likeness (QED) is 0.131. The number of fused-ring (bicyclic) bond motifs is 1. The Morgan fingerprint density at radius 1 is 0.907 bits per heavy atom. The van der Waals surface area contributed by atoms with Gasteiger partial charge in [0.05, 0.1) is 24.0 Å². The molecule has 5 rings (SSSR count). The first-order chi connectivity index (χ1) is 20.7. The summed E-state index contributed by atoms with van der Waals surface area (Å²) in [5.74, 6) is -0.228. The zero-order chi connectivity index (χ0) is 30.5. The van der Waals surface area contributed by atoms with E-state index in [-0.39, 0.29) is 35.6 Å². The Labute approximate surface area is 257 Å². The zero-order valence-electron chi connectivity index (χ0n) is 23.2. The number of H-pyrrole nitrogens is 2. The Kier molecular flexibility index (Phi) is 9.13. The predicted molar refractivity (Wildman–Crippen MR) is 167 cm³/mol. The zero-order valence-corrected chi connectivity index (χ0v) is 24.7. The number of imidazole rings is 1. The fourth-order valence-corrected chi connectivity index (χ4v) is 5.33. The number of benzene rings is 3. The molecule has 0 aliphatic rings. The normalized spacial score (nSPS) is 12.5. The van der Waals surface area contributed by atoms with Crippen LogP contribution in [0.4, 0.5) is 0 Å². The Morgan fingerprint density at radius 2 is 1.67 bits per heavy atom. The molecule has 0 saturated heterocycles. The van der Waals surface area contributed by atoms with Crippen molar-refractivity contribution in [3.8, 4) is 17.0 Å². The van der Waals surface area contributed by atoms with E-state index in [4.69, 9.17) is 28.2 Å². The minimum atomic E-state index is -0.590. The molecule has 0 saturated carbocycles. The van der Waals surface area contributed by atoms with Crippen molar-refractivity contribution in [1.82, 2.24) is 25.6 Å². The van der Waals surface area contributed by atoms with Gasteiger partial charge < -0.3 is 25.7 Å². The minimum Gasteiger partial charge on any atom is -0.507 e. The summed E-state index contributed by atoms with van der Waals surface area (Å²) in [5, 5.41) is 17.5. The Morgan fingerprint density at radius 3 is 2.42 bits per heavy atom. The third kappa shape index (κ3) is 7.25. The molecule has 3 aromatic carbocycles. The Balaban J connectivity index is 1.45. The number of nitrogens with zero attached hydrogens (tertiary/aromatic N) is 1. The second kappa shape index (κ2) is 13.1. The van der Waals surface area contributed by atoms with E-state index in [0.717, 1.165) is 11.6 Å². The first kappa shape index (κ1) is 29.9. The van der Waals surface area contributed by atoms with Crippen LogP contribution in [0.5, 0.6) is 5.75 Å². The number of aromatic nitrogens is 3. The Bertz CT molecular complexity index is 1840. The number of nitrogens with one attached hydrogen (secondary N) is 4. The van der Waals surface area contributed by atoms with Gasteiger partial charge in [-0.3, -0.25) is 14.4 Å². The van der Waals surface area contributed by atoms with Gasteiger partial charge in [0, 0.05) is 28.5 Å². The minimum absolute atomic E-state index is 0.0270. The number of hydrogen-bond donors (Lipinski definition) is 5. The highest BCUT2D eigenvalue weighted by Crippen LogP contribution is 2.32. The summed E-state index contributed by atoms with van der Waals surface area (Å²) in [6.07, 6.45) is 0.658. The number of carbonyl (C=O) groups excluding carboxylic acids is 2. The monoisotopic (exact) mass is 617 g/mol. The molecule has 5 N–H and O–H groups in total. The number of aromatic amines is 2. The maximum atomic E-state index is 13.5. The third-order valence-electron chi connectivity index (χ3n) is 7.02. The molecule has 11 heteroatoms. The van der Waals surface area contributed by atoms with Crippen molar-refractivity contribution < 1.29 is 14.7 Å². The van der Waals surface area contributed by atoms with Crippen LogP contribution in [0.3, 0.4) is 0 Å². The summed E-state index contributed by atoms with van der Waals surface area (Å²) in [6.45, 7) is 1.74. The first-order valence-corrected chi connectivity index (χ1v) is 14.5. The second-order valence-corrected chi connectivity index (χ2v) is 10.9. The molecule has 43 heavy (non-hydrogen) atoms. The van der Waals surface area contributed by atoms with E-state index >= 15 is 0 Å². The maximum absolute atomic E-state index is 13.5. The molecule has 0 fully saturated rings. The van der Waals surface area contributed by atoms with Gasteiger partial charge in [-0.2, -0.15) is 0 Å². The fourth-order valence-electron chi connectivity index (χ4n) is 4.89. The number of pyridine rings is 1. The van der Waals surface area contributed by atoms with Gasteiger partial charge in [0.25, 0.3) is 5.56 Å². The van der Waals surface area contributed by atoms with Crippen LogP contribution in [0, 0.1) is 0 Å². The van der Waals surface area contributed by atoms with E-state index in [0.29, 0.717) is 45.0 Å². The molecule has 1 unspecified atom stereocenters. The molecule has 2 aromatic heterocycles. The number of hydrogen-bond acceptors (Lipinski definition) is 5. The molecule has 5 aromatic rings. The number of amides is 2. The lowest BCUT2D eigenvalue weighted by Crippen LogP contribution is -2.36. The highest BCUT2D eigenvalue weighted by atomic mass is 35.5. The lowest BCUT2D eigenvalue weighted by Gasteiger charge is -2.22. The van der Waals surface area contributed by atoms with Crippen LogP contribution in [0.1, 0.15) is 48.8 Å². The van der Waals surface area contributed by atoms with E-state index in [1.807, 2.05) is 36.4 Å². The average Bonchev–Trinajstić information content (AvgIpc) is 3.38. The summed E-state index contributed by atoms with van der Waals surface area (Å²) in [5.41, 5.74) is 2.77. The van der Waals surface area contributed by atoms with Crippen molar-refractivity contribution in [1.29, 1.82) is 0 Å². The van der Waals surface area contributed by atoms with E-state index in [1.165, 1.54) is 0 Å². The van der Waals surface area contributed by atoms with E-state index in [2.05, 4.69) is 20.6 Å². The summed E-state index contributed by atoms with van der Waals surface area (Å²) >= 11 is 12.8. The summed E-state index contributed by atoms with van der Waals surface area (Å²) in [6, 6.07) is 21.7. The smallest absolute Gasteiger partial charge is 0.252 e. The van der Waals surface area contributed by atoms with Crippen LogP contribution in [-0.4, -0.2) is 31.9 Å². The van der Waals surface area contributed by atoms with Crippen molar-refractivity contribution in [3.05, 3.63) is 116 Å². The molecule has 2 atom stereocenters. The van der Waals surface area contributed by atoms with Gasteiger partial charge in [0.2, 0.25) is 11.8 Å². The van der Waals surface area contributed by atoms with Gasteiger partial charge in [0.1, 0.15) is 22.4 Å². The van der Waals surface area contributed by atoms with Crippen LogP contribution < -0.4 is 16.2 Å². The molecule has 220 valence electrons. The van der Waals surface area contributed by atoms with Gasteiger partial charge >= 0.3 is 0 Å². The van der Waals surface area contributed by atoms with Gasteiger partial charge in [0.15, 0.2) is 0 Å². The van der Waals surface area contributed by atoms with Crippen LogP contribution in [0.25, 0.3) is 22.2 Å². The van der Waals surface area contributed by atoms with Crippen molar-refractivity contribution in [2.75, 3.05) is 0 Å². The van der Waals surface area contributed by atoms with Crippen LogP contribution >= 0.6 is 23.2 Å². The van der Waals surface area contributed by atoms with E-state index < -0.39 is 17.6 Å². The van der Waals surface area contributed by atoms with Crippen molar-refractivity contribution in [2.45, 2.75) is 38.3 Å².